The molecular weight excluding hydrogens is 326 g/mol. The third kappa shape index (κ3) is 4.03. The highest BCUT2D eigenvalue weighted by atomic mass is 35.5. The first-order valence-electron chi connectivity index (χ1n) is 6.15. The van der Waals surface area contributed by atoms with Gasteiger partial charge in [-0.2, -0.15) is 13.1 Å². The highest BCUT2D eigenvalue weighted by Crippen LogP contribution is 2.28. The van der Waals surface area contributed by atoms with E-state index in [4.69, 9.17) is 0 Å². The van der Waals surface area contributed by atoms with Crippen LogP contribution >= 0.6 is 12.4 Å². The Morgan fingerprint density at radius 1 is 1.38 bits per heavy atom. The van der Waals surface area contributed by atoms with Crippen LogP contribution in [0.4, 0.5) is 8.78 Å². The maximum absolute atomic E-state index is 12.5. The minimum atomic E-state index is -3.86. The van der Waals surface area contributed by atoms with Crippen molar-refractivity contribution < 1.29 is 21.9 Å². The zero-order valence-electron chi connectivity index (χ0n) is 11.3. The predicted molar refractivity (Wildman–Crippen MR) is 76.5 cm³/mol. The van der Waals surface area contributed by atoms with Crippen molar-refractivity contribution in [1.82, 2.24) is 9.62 Å². The van der Waals surface area contributed by atoms with Crippen molar-refractivity contribution in [3.05, 3.63) is 24.3 Å². The van der Waals surface area contributed by atoms with Crippen LogP contribution in [0, 0.1) is 0 Å². The summed E-state index contributed by atoms with van der Waals surface area (Å²) in [5.41, 5.74) is 0. The molecule has 1 aromatic rings. The van der Waals surface area contributed by atoms with E-state index >= 15 is 0 Å². The lowest BCUT2D eigenvalue weighted by atomic mass is 10.3. The fraction of sp³-hybridized carbons (Fsp3) is 0.500. The number of alkyl halides is 2. The predicted octanol–water partition coefficient (Wildman–Crippen LogP) is 1.69. The molecule has 5 nitrogen and oxygen atoms in total. The molecule has 0 saturated carbocycles. The van der Waals surface area contributed by atoms with Gasteiger partial charge in [-0.05, 0) is 25.1 Å². The SMILES string of the molecule is CN(C1CCNC1)S(=O)(=O)c1ccccc1OC(F)F.Cl. The summed E-state index contributed by atoms with van der Waals surface area (Å²) in [5, 5.41) is 3.07. The fourth-order valence-corrected chi connectivity index (χ4v) is 3.66. The molecule has 0 spiro atoms. The topological polar surface area (TPSA) is 58.6 Å². The van der Waals surface area contributed by atoms with Crippen molar-refractivity contribution in [2.75, 3.05) is 20.1 Å². The first-order chi connectivity index (χ1) is 9.43. The maximum atomic E-state index is 12.5. The van der Waals surface area contributed by atoms with Crippen LogP contribution in [0.15, 0.2) is 29.2 Å². The monoisotopic (exact) mass is 342 g/mol. The van der Waals surface area contributed by atoms with Gasteiger partial charge in [0.15, 0.2) is 0 Å². The van der Waals surface area contributed by atoms with Crippen molar-refractivity contribution in [3.8, 4) is 5.75 Å². The molecule has 1 fully saturated rings. The van der Waals surface area contributed by atoms with E-state index in [1.54, 1.807) is 0 Å². The highest BCUT2D eigenvalue weighted by Gasteiger charge is 2.32. The molecular formula is C12H17ClF2N2O3S. The average molecular weight is 343 g/mol. The van der Waals surface area contributed by atoms with Gasteiger partial charge in [0.1, 0.15) is 10.6 Å². The summed E-state index contributed by atoms with van der Waals surface area (Å²) in [6.07, 6.45) is 0.688. The van der Waals surface area contributed by atoms with Crippen molar-refractivity contribution in [2.24, 2.45) is 0 Å². The third-order valence-electron chi connectivity index (χ3n) is 3.27. The molecule has 1 saturated heterocycles. The number of hydrogen-bond donors (Lipinski definition) is 1. The average Bonchev–Trinajstić information content (AvgIpc) is 2.91. The van der Waals surface area contributed by atoms with E-state index in [-0.39, 0.29) is 29.1 Å². The van der Waals surface area contributed by atoms with Crippen molar-refractivity contribution >= 4 is 22.4 Å². The van der Waals surface area contributed by atoms with Crippen molar-refractivity contribution in [2.45, 2.75) is 24.0 Å². The Morgan fingerprint density at radius 3 is 2.62 bits per heavy atom. The normalized spacial score (nSPS) is 18.8. The number of halogens is 3. The fourth-order valence-electron chi connectivity index (χ4n) is 2.16. The minimum absolute atomic E-state index is 0. The molecule has 0 aliphatic carbocycles. The number of para-hydroxylation sites is 1. The zero-order chi connectivity index (χ0) is 14.8. The molecule has 1 aliphatic heterocycles. The van der Waals surface area contributed by atoms with Gasteiger partial charge in [-0.15, -0.1) is 12.4 Å². The lowest BCUT2D eigenvalue weighted by Gasteiger charge is -2.24. The first-order valence-corrected chi connectivity index (χ1v) is 7.59. The lowest BCUT2D eigenvalue weighted by molar-refractivity contribution is -0.0517. The summed E-state index contributed by atoms with van der Waals surface area (Å²) in [5.74, 6) is -0.333. The summed E-state index contributed by atoms with van der Waals surface area (Å²) < 4.78 is 55.2. The molecule has 1 heterocycles. The van der Waals surface area contributed by atoms with Crippen LogP contribution < -0.4 is 10.1 Å². The van der Waals surface area contributed by atoms with E-state index in [9.17, 15) is 17.2 Å². The number of hydrogen-bond acceptors (Lipinski definition) is 4. The molecule has 0 aromatic heterocycles. The number of benzene rings is 1. The second-order valence-electron chi connectivity index (χ2n) is 4.49. The Balaban J connectivity index is 0.00000220. The van der Waals surface area contributed by atoms with Gasteiger partial charge >= 0.3 is 6.61 Å². The summed E-state index contributed by atoms with van der Waals surface area (Å²) in [7, 11) is -2.41. The number of rotatable bonds is 5. The van der Waals surface area contributed by atoms with E-state index in [0.717, 1.165) is 6.54 Å². The van der Waals surface area contributed by atoms with Gasteiger partial charge in [0.05, 0.1) is 0 Å². The van der Waals surface area contributed by atoms with Crippen LogP contribution in [0.2, 0.25) is 0 Å². The van der Waals surface area contributed by atoms with Gasteiger partial charge < -0.3 is 10.1 Å². The standard InChI is InChI=1S/C12H16F2N2O3S.ClH/c1-16(9-6-7-15-8-9)20(17,18)11-5-3-2-4-10(11)19-12(13)14;/h2-5,9,12,15H,6-8H2,1H3;1H. The van der Waals surface area contributed by atoms with Gasteiger partial charge in [0.25, 0.3) is 0 Å². The van der Waals surface area contributed by atoms with E-state index in [1.165, 1.54) is 35.6 Å². The number of nitrogens with zero attached hydrogens (tertiary/aromatic N) is 1. The number of sulfonamides is 1. The Bertz CT molecular complexity index is 565. The molecule has 0 bridgehead atoms. The van der Waals surface area contributed by atoms with Gasteiger partial charge in [-0.3, -0.25) is 0 Å². The molecule has 1 N–H and O–H groups in total. The number of ether oxygens (including phenoxy) is 1. The zero-order valence-corrected chi connectivity index (χ0v) is 13.0. The third-order valence-corrected chi connectivity index (χ3v) is 5.22. The second kappa shape index (κ2) is 7.35. The molecule has 2 rings (SSSR count). The van der Waals surface area contributed by atoms with Crippen LogP contribution in [0.1, 0.15) is 6.42 Å². The highest BCUT2D eigenvalue weighted by molar-refractivity contribution is 7.89. The largest absolute Gasteiger partial charge is 0.433 e. The van der Waals surface area contributed by atoms with Gasteiger partial charge in [0, 0.05) is 19.6 Å². The summed E-state index contributed by atoms with van der Waals surface area (Å²) >= 11 is 0. The Morgan fingerprint density at radius 2 is 2.05 bits per heavy atom. The first kappa shape index (κ1) is 18.1. The molecule has 1 atom stereocenters. The molecule has 0 amide bonds. The molecule has 21 heavy (non-hydrogen) atoms. The van der Waals surface area contributed by atoms with E-state index in [0.29, 0.717) is 13.0 Å². The van der Waals surface area contributed by atoms with Crippen LogP contribution in [0.3, 0.4) is 0 Å². The van der Waals surface area contributed by atoms with Crippen LogP contribution in [-0.4, -0.2) is 45.5 Å². The Hall–Kier alpha value is -0.960. The smallest absolute Gasteiger partial charge is 0.387 e. The van der Waals surface area contributed by atoms with Gasteiger partial charge in [0.2, 0.25) is 10.0 Å². The van der Waals surface area contributed by atoms with Crippen molar-refractivity contribution in [3.63, 3.8) is 0 Å². The van der Waals surface area contributed by atoms with Crippen LogP contribution in [-0.2, 0) is 10.0 Å². The molecule has 1 unspecified atom stereocenters. The summed E-state index contributed by atoms with van der Waals surface area (Å²) in [4.78, 5) is -0.241. The van der Waals surface area contributed by atoms with E-state index in [2.05, 4.69) is 10.1 Å². The maximum Gasteiger partial charge on any atom is 0.387 e. The number of nitrogens with one attached hydrogen (secondary N) is 1. The molecule has 9 heteroatoms. The van der Waals surface area contributed by atoms with Crippen LogP contribution in [0.25, 0.3) is 0 Å². The van der Waals surface area contributed by atoms with E-state index in [1.807, 2.05) is 0 Å². The van der Waals surface area contributed by atoms with Crippen molar-refractivity contribution in [1.29, 1.82) is 0 Å². The molecule has 1 aromatic carbocycles. The Labute approximate surface area is 128 Å². The number of likely N-dealkylation sites (N-methyl/N-ethyl adjacent to an activating group) is 1. The lowest BCUT2D eigenvalue weighted by Crippen LogP contribution is -2.38. The summed E-state index contributed by atoms with van der Waals surface area (Å²) in [6, 6.07) is 5.24. The van der Waals surface area contributed by atoms with Gasteiger partial charge in [-0.25, -0.2) is 8.42 Å². The van der Waals surface area contributed by atoms with Crippen LogP contribution in [0.5, 0.6) is 5.75 Å². The summed E-state index contributed by atoms with van der Waals surface area (Å²) in [6.45, 7) is -1.78. The Kier molecular flexibility index (Phi) is 6.33. The molecule has 120 valence electrons. The minimum Gasteiger partial charge on any atom is -0.433 e. The molecule has 0 radical (unpaired) electrons. The van der Waals surface area contributed by atoms with E-state index < -0.39 is 16.6 Å². The molecule has 1 aliphatic rings. The quantitative estimate of drug-likeness (QED) is 0.884. The van der Waals surface area contributed by atoms with Gasteiger partial charge in [-0.1, -0.05) is 12.1 Å². The second-order valence-corrected chi connectivity index (χ2v) is 6.46.